The third kappa shape index (κ3) is 16.8. The summed E-state index contributed by atoms with van der Waals surface area (Å²) in [6, 6.07) is 10.3. The van der Waals surface area contributed by atoms with Crippen molar-refractivity contribution >= 4 is 23.4 Å². The second-order valence-corrected chi connectivity index (χ2v) is 11.5. The lowest BCUT2D eigenvalue weighted by Crippen LogP contribution is -2.36. The fraction of sp³-hybridized carbons (Fsp3) is 0.538. The quantitative estimate of drug-likeness (QED) is 0.204. The van der Waals surface area contributed by atoms with Crippen molar-refractivity contribution in [3.63, 3.8) is 0 Å². The highest BCUT2D eigenvalue weighted by atomic mass is 35.5. The lowest BCUT2D eigenvalue weighted by atomic mass is 10.0. The Morgan fingerprint density at radius 1 is 0.756 bits per heavy atom. The third-order valence-corrected chi connectivity index (χ3v) is 6.78. The minimum Gasteiger partial charge on any atom is -0.435 e. The zero-order valence-electron chi connectivity index (χ0n) is 22.6. The number of alkyl halides is 8. The van der Waals surface area contributed by atoms with Gasteiger partial charge in [0.05, 0.1) is 15.7 Å². The van der Waals surface area contributed by atoms with E-state index in [1.54, 1.807) is 32.9 Å². The van der Waals surface area contributed by atoms with E-state index in [2.05, 4.69) is 14.2 Å². The van der Waals surface area contributed by atoms with Crippen molar-refractivity contribution < 1.29 is 48.8 Å². The van der Waals surface area contributed by atoms with Gasteiger partial charge in [0.25, 0.3) is 0 Å². The lowest BCUT2D eigenvalue weighted by molar-refractivity contribution is -0.0505. The Kier molecular flexibility index (Phi) is 18.1. The fourth-order valence-electron chi connectivity index (χ4n) is 3.19. The van der Waals surface area contributed by atoms with Crippen LogP contribution in [0.1, 0.15) is 69.7 Å². The van der Waals surface area contributed by atoms with E-state index in [9.17, 15) is 39.3 Å². The topological polar surface area (TPSA) is 73.6 Å². The maximum Gasteiger partial charge on any atom is 0.387 e. The predicted octanol–water partition coefficient (Wildman–Crippen LogP) is 8.18. The molecule has 5 nitrogen and oxygen atoms in total. The first-order valence-corrected chi connectivity index (χ1v) is 13.3. The molecule has 3 N–H and O–H groups in total. The molecule has 0 aliphatic carbocycles. The Labute approximate surface area is 243 Å². The van der Waals surface area contributed by atoms with Crippen LogP contribution in [0.5, 0.6) is 11.5 Å². The minimum atomic E-state index is -2.97. The fourth-order valence-corrected chi connectivity index (χ4v) is 4.06. The van der Waals surface area contributed by atoms with Crippen LogP contribution in [0.4, 0.5) is 35.1 Å². The van der Waals surface area contributed by atoms with Crippen molar-refractivity contribution in [2.24, 2.45) is 5.73 Å². The summed E-state index contributed by atoms with van der Waals surface area (Å²) in [7, 11) is -1.48. The van der Waals surface area contributed by atoms with Gasteiger partial charge >= 0.3 is 13.2 Å². The lowest BCUT2D eigenvalue weighted by Gasteiger charge is -2.25. The van der Waals surface area contributed by atoms with Gasteiger partial charge in [0.2, 0.25) is 12.9 Å². The van der Waals surface area contributed by atoms with E-state index in [-0.39, 0.29) is 49.6 Å². The minimum absolute atomic E-state index is 0. The Morgan fingerprint density at radius 3 is 1.63 bits per heavy atom. The monoisotopic (exact) mass is 642 g/mol. The van der Waals surface area contributed by atoms with Crippen LogP contribution in [-0.2, 0) is 11.0 Å². The highest BCUT2D eigenvalue weighted by Crippen LogP contribution is 2.27. The molecule has 15 heteroatoms. The SMILES string of the molecule is CC(C)(C)S(=O)N[C@@H](CCC(F)F)c1cccc(OC(F)F)c1.Cl.N[C@@H](CCC(F)F)c1cccc(OC(F)F)c1. The number of hydrogen-bond donors (Lipinski definition) is 2. The van der Waals surface area contributed by atoms with Gasteiger partial charge in [-0.3, -0.25) is 0 Å². The highest BCUT2D eigenvalue weighted by molar-refractivity contribution is 7.84. The van der Waals surface area contributed by atoms with Crippen LogP contribution in [0.25, 0.3) is 0 Å². The van der Waals surface area contributed by atoms with Crippen LogP contribution in [-0.4, -0.2) is 35.0 Å². The van der Waals surface area contributed by atoms with Gasteiger partial charge < -0.3 is 15.2 Å². The van der Waals surface area contributed by atoms with E-state index in [0.717, 1.165) is 0 Å². The first kappa shape index (κ1) is 38.8. The molecule has 2 aromatic rings. The number of halogens is 9. The van der Waals surface area contributed by atoms with Gasteiger partial charge in [-0.2, -0.15) is 17.6 Å². The van der Waals surface area contributed by atoms with Gasteiger partial charge in [0.15, 0.2) is 0 Å². The number of nitrogens with one attached hydrogen (secondary N) is 1. The van der Waals surface area contributed by atoms with Crippen molar-refractivity contribution in [1.29, 1.82) is 0 Å². The normalized spacial score (nSPS) is 13.9. The average Bonchev–Trinajstić information content (AvgIpc) is 2.84. The molecule has 236 valence electrons. The molecule has 0 bridgehead atoms. The first-order valence-electron chi connectivity index (χ1n) is 12.2. The number of ether oxygens (including phenoxy) is 2. The Hall–Kier alpha value is -2.16. The van der Waals surface area contributed by atoms with Crippen LogP contribution >= 0.6 is 12.4 Å². The molecule has 0 aliphatic heterocycles. The summed E-state index contributed by atoms with van der Waals surface area (Å²) in [6.07, 6.45) is -5.50. The first-order chi connectivity index (χ1) is 18.6. The molecular weight excluding hydrogens is 608 g/mol. The molecule has 0 radical (unpaired) electrons. The summed E-state index contributed by atoms with van der Waals surface area (Å²) < 4.78 is 120. The smallest absolute Gasteiger partial charge is 0.387 e. The van der Waals surface area contributed by atoms with E-state index >= 15 is 0 Å². The van der Waals surface area contributed by atoms with Crippen LogP contribution in [0.15, 0.2) is 48.5 Å². The van der Waals surface area contributed by atoms with E-state index in [0.29, 0.717) is 11.1 Å². The van der Waals surface area contributed by atoms with Crippen molar-refractivity contribution in [2.45, 2.75) is 89.4 Å². The van der Waals surface area contributed by atoms with Gasteiger partial charge in [-0.1, -0.05) is 24.3 Å². The number of benzene rings is 2. The van der Waals surface area contributed by atoms with Gasteiger partial charge in [-0.05, 0) is 69.0 Å². The summed E-state index contributed by atoms with van der Waals surface area (Å²) in [5, 5.41) is 0. The van der Waals surface area contributed by atoms with E-state index in [4.69, 9.17) is 5.73 Å². The zero-order chi connectivity index (χ0) is 30.5. The second-order valence-electron chi connectivity index (χ2n) is 9.50. The molecule has 2 rings (SSSR count). The second kappa shape index (κ2) is 19.1. The van der Waals surface area contributed by atoms with Crippen LogP contribution < -0.4 is 19.9 Å². The molecule has 0 aliphatic rings. The maximum absolute atomic E-state index is 12.5. The van der Waals surface area contributed by atoms with E-state index in [1.165, 1.54) is 36.4 Å². The molecule has 1 unspecified atom stereocenters. The molecule has 0 fully saturated rings. The van der Waals surface area contributed by atoms with Gasteiger partial charge in [-0.15, -0.1) is 12.4 Å². The Balaban J connectivity index is 0.000000794. The average molecular weight is 643 g/mol. The molecule has 0 aromatic heterocycles. The van der Waals surface area contributed by atoms with Gasteiger partial charge in [0.1, 0.15) is 11.5 Å². The summed E-state index contributed by atoms with van der Waals surface area (Å²) in [5.74, 6) is -0.0899. The van der Waals surface area contributed by atoms with E-state index in [1.807, 2.05) is 0 Å². The molecular formula is C26H35ClF8N2O3S. The molecule has 2 aromatic carbocycles. The van der Waals surface area contributed by atoms with Crippen LogP contribution in [0, 0.1) is 0 Å². The van der Waals surface area contributed by atoms with Gasteiger partial charge in [-0.25, -0.2) is 26.5 Å². The van der Waals surface area contributed by atoms with Crippen molar-refractivity contribution in [2.75, 3.05) is 0 Å². The largest absolute Gasteiger partial charge is 0.435 e. The molecule has 0 spiro atoms. The standard InChI is InChI=1S/C15H21F4NO2S.C11H13F4NO.ClH/c1-15(2,3)23(21)20-12(7-8-13(16)17)10-5-4-6-11(9-10)22-14(18)19;12-10(13)5-4-9(16)7-2-1-3-8(6-7)17-11(14)15;/h4-6,9,12-14,20H,7-8H2,1-3H3;1-3,6,9-11H,4-5,16H2;1H/t12-,23?;9-;/m00./s1. The predicted molar refractivity (Wildman–Crippen MR) is 145 cm³/mol. The third-order valence-electron chi connectivity index (χ3n) is 5.17. The number of nitrogens with two attached hydrogens (primary N) is 1. The molecule has 0 saturated carbocycles. The Morgan fingerprint density at radius 2 is 1.20 bits per heavy atom. The molecule has 41 heavy (non-hydrogen) atoms. The summed E-state index contributed by atoms with van der Waals surface area (Å²) in [5.41, 5.74) is 6.64. The van der Waals surface area contributed by atoms with Gasteiger partial charge in [0, 0.05) is 24.9 Å². The molecule has 0 amide bonds. The maximum atomic E-state index is 12.5. The van der Waals surface area contributed by atoms with Crippen LogP contribution in [0.3, 0.4) is 0 Å². The summed E-state index contributed by atoms with van der Waals surface area (Å²) in [6.45, 7) is -0.645. The highest BCUT2D eigenvalue weighted by Gasteiger charge is 2.25. The van der Waals surface area contributed by atoms with Crippen molar-refractivity contribution in [3.8, 4) is 11.5 Å². The van der Waals surface area contributed by atoms with Crippen LogP contribution in [0.2, 0.25) is 0 Å². The molecule has 0 saturated heterocycles. The molecule has 0 heterocycles. The number of rotatable bonds is 14. The van der Waals surface area contributed by atoms with Crippen molar-refractivity contribution in [1.82, 2.24) is 4.72 Å². The number of hydrogen-bond acceptors (Lipinski definition) is 4. The summed E-state index contributed by atoms with van der Waals surface area (Å²) >= 11 is 0. The van der Waals surface area contributed by atoms with E-state index < -0.39 is 53.9 Å². The van der Waals surface area contributed by atoms with Crippen molar-refractivity contribution in [3.05, 3.63) is 59.7 Å². The zero-order valence-corrected chi connectivity index (χ0v) is 24.2. The molecule has 3 atom stereocenters. The Bertz CT molecular complexity index is 1030. The summed E-state index contributed by atoms with van der Waals surface area (Å²) in [4.78, 5) is 0.